The van der Waals surface area contributed by atoms with E-state index in [1.54, 1.807) is 0 Å². The van der Waals surface area contributed by atoms with Gasteiger partial charge in [-0.2, -0.15) is 0 Å². The lowest BCUT2D eigenvalue weighted by Gasteiger charge is -2.40. The van der Waals surface area contributed by atoms with Crippen LogP contribution >= 0.6 is 0 Å². The fraction of sp³-hybridized carbons (Fsp3) is 0.115. The van der Waals surface area contributed by atoms with E-state index in [4.69, 9.17) is 14.7 Å². The van der Waals surface area contributed by atoms with Crippen LogP contribution in [0.5, 0.6) is 11.5 Å². The fourth-order valence-electron chi connectivity index (χ4n) is 10.6. The Kier molecular flexibility index (Phi) is 9.12. The molecule has 1 aliphatic heterocycles. The summed E-state index contributed by atoms with van der Waals surface area (Å²) in [5.74, 6) is 3.85. The van der Waals surface area contributed by atoms with E-state index in [-0.39, 0.29) is 0 Å². The van der Waals surface area contributed by atoms with Crippen molar-refractivity contribution in [3.63, 3.8) is 0 Å². The van der Waals surface area contributed by atoms with E-state index in [1.807, 2.05) is 0 Å². The normalized spacial score (nSPS) is 16.5. The van der Waals surface area contributed by atoms with Crippen molar-refractivity contribution in [1.29, 1.82) is 0 Å². The number of hydrogen-bond acceptors (Lipinski definition) is 3. The third kappa shape index (κ3) is 6.18. The predicted molar refractivity (Wildman–Crippen MR) is 262 cm³/mol. The van der Waals surface area contributed by atoms with Crippen LogP contribution in [0, 0.1) is 11.8 Å². The van der Waals surface area contributed by atoms with Crippen LogP contribution in [0.25, 0.3) is 72.9 Å². The Labute approximate surface area is 375 Å². The molecule has 0 radical (unpaired) electrons. The minimum atomic E-state index is -0.516. The molecule has 0 saturated heterocycles. The van der Waals surface area contributed by atoms with Gasteiger partial charge in [-0.05, 0) is 105 Å². The summed E-state index contributed by atoms with van der Waals surface area (Å²) >= 11 is 0. The van der Waals surface area contributed by atoms with E-state index in [1.165, 1.54) is 39.0 Å². The SMILES string of the molecule is CC1CC(c2cccc(-c3cc(-c4ccccc4)nc(-c4cccc(-c5cccc(-c6cccc7c6Oc6ccccc6C76c7ccccc7-c7ccccc76)c5)c4)n3)c2)=CC[C@@H]1C. The van der Waals surface area contributed by atoms with Gasteiger partial charge in [-0.15, -0.1) is 0 Å². The first-order valence-corrected chi connectivity index (χ1v) is 22.6. The number of nitrogens with zero attached hydrogens (tertiary/aromatic N) is 2. The fourth-order valence-corrected chi connectivity index (χ4v) is 10.6. The van der Waals surface area contributed by atoms with E-state index in [0.29, 0.717) is 17.7 Å². The van der Waals surface area contributed by atoms with Crippen LogP contribution in [0.4, 0.5) is 0 Å². The highest BCUT2D eigenvalue weighted by Gasteiger charge is 2.51. The molecule has 2 atom stereocenters. The summed E-state index contributed by atoms with van der Waals surface area (Å²) in [6, 6.07) is 72.0. The monoisotopic (exact) mass is 822 g/mol. The van der Waals surface area contributed by atoms with Crippen molar-refractivity contribution in [3.05, 3.63) is 234 Å². The summed E-state index contributed by atoms with van der Waals surface area (Å²) in [5.41, 5.74) is 18.9. The Balaban J connectivity index is 0.955. The largest absolute Gasteiger partial charge is 0.456 e. The smallest absolute Gasteiger partial charge is 0.160 e. The molecule has 3 nitrogen and oxygen atoms in total. The molecule has 9 aromatic rings. The molecule has 12 rings (SSSR count). The number of rotatable bonds is 6. The number of fused-ring (bicyclic) bond motifs is 9. The quantitative estimate of drug-likeness (QED) is 0.168. The Morgan fingerprint density at radius 3 is 1.67 bits per heavy atom. The van der Waals surface area contributed by atoms with Gasteiger partial charge < -0.3 is 4.74 Å². The van der Waals surface area contributed by atoms with Gasteiger partial charge in [-0.25, -0.2) is 9.97 Å². The van der Waals surface area contributed by atoms with Crippen molar-refractivity contribution in [2.24, 2.45) is 11.8 Å². The maximum Gasteiger partial charge on any atom is 0.160 e. The summed E-state index contributed by atoms with van der Waals surface area (Å²) in [5, 5.41) is 0. The molecule has 3 aliphatic rings. The second kappa shape index (κ2) is 15.3. The summed E-state index contributed by atoms with van der Waals surface area (Å²) < 4.78 is 7.03. The minimum absolute atomic E-state index is 0.516. The highest BCUT2D eigenvalue weighted by Crippen LogP contribution is 2.63. The summed E-state index contributed by atoms with van der Waals surface area (Å²) in [4.78, 5) is 10.5. The van der Waals surface area contributed by atoms with Gasteiger partial charge in [-0.3, -0.25) is 0 Å². The van der Waals surface area contributed by atoms with Crippen LogP contribution in [-0.2, 0) is 5.41 Å². The second-order valence-electron chi connectivity index (χ2n) is 17.8. The Morgan fingerprint density at radius 1 is 0.422 bits per heavy atom. The standard InChI is InChI=1S/C61H46N2O/c1-39-32-33-45(34-40(39)2)43-19-13-22-47(36-43)57-38-56(41-16-4-3-5-17-41)62-60(63-57)48-23-14-20-44(37-48)42-18-12-21-46(35-42)49-26-15-30-55-59(49)64-58-31-11-10-29-54(58)61(55)52-27-8-6-24-50(52)51-25-7-9-28-53(51)61/h3-31,33,35-40H,32,34H2,1-2H3/t39-,40?/m0/s1. The van der Waals surface area contributed by atoms with Gasteiger partial charge in [0.05, 0.1) is 16.8 Å². The molecule has 1 unspecified atom stereocenters. The van der Waals surface area contributed by atoms with Crippen molar-refractivity contribution in [3.8, 4) is 78.8 Å². The molecular weight excluding hydrogens is 777 g/mol. The molecule has 0 saturated carbocycles. The Hall–Kier alpha value is -7.62. The predicted octanol–water partition coefficient (Wildman–Crippen LogP) is 15.7. The lowest BCUT2D eigenvalue weighted by Crippen LogP contribution is -2.32. The number of hydrogen-bond donors (Lipinski definition) is 0. The average Bonchev–Trinajstić information content (AvgIpc) is 3.65. The van der Waals surface area contributed by atoms with Gasteiger partial charge in [0.25, 0.3) is 0 Å². The van der Waals surface area contributed by atoms with Crippen LogP contribution in [0.2, 0.25) is 0 Å². The lowest BCUT2D eigenvalue weighted by atomic mass is 9.65. The highest BCUT2D eigenvalue weighted by atomic mass is 16.5. The zero-order valence-corrected chi connectivity index (χ0v) is 36.0. The molecule has 0 N–H and O–H groups in total. The average molecular weight is 823 g/mol. The van der Waals surface area contributed by atoms with Gasteiger partial charge in [0.15, 0.2) is 5.82 Å². The number of allylic oxidation sites excluding steroid dienone is 2. The van der Waals surface area contributed by atoms with E-state index >= 15 is 0 Å². The second-order valence-corrected chi connectivity index (χ2v) is 17.8. The van der Waals surface area contributed by atoms with E-state index in [2.05, 4.69) is 220 Å². The molecule has 0 amide bonds. The number of benzene rings is 8. The van der Waals surface area contributed by atoms with Crippen molar-refractivity contribution in [2.75, 3.05) is 0 Å². The molecule has 1 spiro atoms. The van der Waals surface area contributed by atoms with E-state index in [0.717, 1.165) is 80.2 Å². The molecule has 3 heteroatoms. The van der Waals surface area contributed by atoms with Crippen molar-refractivity contribution in [2.45, 2.75) is 32.1 Å². The zero-order chi connectivity index (χ0) is 42.8. The summed E-state index contributed by atoms with van der Waals surface area (Å²) in [6.45, 7) is 4.74. The van der Waals surface area contributed by atoms with Crippen molar-refractivity contribution in [1.82, 2.24) is 9.97 Å². The molecule has 8 aromatic carbocycles. The van der Waals surface area contributed by atoms with Crippen LogP contribution < -0.4 is 4.74 Å². The molecule has 0 bridgehead atoms. The molecule has 2 aliphatic carbocycles. The first-order chi connectivity index (χ1) is 31.5. The van der Waals surface area contributed by atoms with Crippen molar-refractivity contribution < 1.29 is 4.74 Å². The van der Waals surface area contributed by atoms with Crippen molar-refractivity contribution >= 4 is 5.57 Å². The third-order valence-corrected chi connectivity index (χ3v) is 14.1. The number of ether oxygens (including phenoxy) is 1. The first-order valence-electron chi connectivity index (χ1n) is 22.6. The Bertz CT molecular complexity index is 3260. The molecule has 0 fully saturated rings. The summed E-state index contributed by atoms with van der Waals surface area (Å²) in [6.07, 6.45) is 4.66. The van der Waals surface area contributed by atoms with Crippen LogP contribution in [0.1, 0.15) is 54.5 Å². The highest BCUT2D eigenvalue weighted by molar-refractivity contribution is 5.91. The topological polar surface area (TPSA) is 35.0 Å². The van der Waals surface area contributed by atoms with Gasteiger partial charge >= 0.3 is 0 Å². The Morgan fingerprint density at radius 2 is 0.938 bits per heavy atom. The zero-order valence-electron chi connectivity index (χ0n) is 36.0. The molecule has 306 valence electrons. The first kappa shape index (κ1) is 38.1. The van der Waals surface area contributed by atoms with E-state index < -0.39 is 5.41 Å². The van der Waals surface area contributed by atoms with Crippen LogP contribution in [0.15, 0.2) is 206 Å². The van der Waals surface area contributed by atoms with Crippen LogP contribution in [-0.4, -0.2) is 9.97 Å². The van der Waals surface area contributed by atoms with Gasteiger partial charge in [-0.1, -0.05) is 190 Å². The van der Waals surface area contributed by atoms with Gasteiger partial charge in [0.1, 0.15) is 11.5 Å². The maximum atomic E-state index is 7.03. The van der Waals surface area contributed by atoms with E-state index in [9.17, 15) is 0 Å². The third-order valence-electron chi connectivity index (χ3n) is 14.1. The maximum absolute atomic E-state index is 7.03. The van der Waals surface area contributed by atoms with Gasteiger partial charge in [0.2, 0.25) is 0 Å². The summed E-state index contributed by atoms with van der Waals surface area (Å²) in [7, 11) is 0. The lowest BCUT2D eigenvalue weighted by molar-refractivity contribution is 0.386. The minimum Gasteiger partial charge on any atom is -0.456 e. The molecule has 64 heavy (non-hydrogen) atoms. The molecule has 1 aromatic heterocycles. The number of para-hydroxylation sites is 2. The van der Waals surface area contributed by atoms with Crippen LogP contribution in [0.3, 0.4) is 0 Å². The van der Waals surface area contributed by atoms with Gasteiger partial charge in [0, 0.05) is 33.4 Å². The molecule has 2 heterocycles. The molecular formula is C61H46N2O. The number of aromatic nitrogens is 2.